The van der Waals surface area contributed by atoms with E-state index >= 15 is 0 Å². The fourth-order valence-electron chi connectivity index (χ4n) is 0.224. The molecule has 0 saturated carbocycles. The van der Waals surface area contributed by atoms with Crippen LogP contribution in [-0.4, -0.2) is 40.8 Å². The van der Waals surface area contributed by atoms with Crippen molar-refractivity contribution in [2.75, 3.05) is 6.61 Å². The van der Waals surface area contributed by atoms with Crippen molar-refractivity contribution in [3.05, 3.63) is 0 Å². The van der Waals surface area contributed by atoms with E-state index in [9.17, 15) is 4.79 Å². The molecular formula is C4H8O5. The van der Waals surface area contributed by atoms with Crippen LogP contribution in [0, 0.1) is 0 Å². The number of aldehydes is 1. The molecule has 9 heavy (non-hydrogen) atoms. The highest BCUT2D eigenvalue weighted by atomic mass is 16.7. The van der Waals surface area contributed by atoms with E-state index in [1.165, 1.54) is 0 Å². The summed E-state index contributed by atoms with van der Waals surface area (Å²) in [4.78, 5) is 9.62. The third-order valence-corrected chi connectivity index (χ3v) is 0.573. The summed E-state index contributed by atoms with van der Waals surface area (Å²) < 4.78 is 4.02. The Morgan fingerprint density at radius 3 is 2.33 bits per heavy atom. The highest BCUT2D eigenvalue weighted by Crippen LogP contribution is 1.83. The molecule has 0 aliphatic carbocycles. The van der Waals surface area contributed by atoms with Gasteiger partial charge in [0.15, 0.2) is 6.29 Å². The topological polar surface area (TPSA) is 87.0 Å². The Labute approximate surface area is 51.5 Å². The van der Waals surface area contributed by atoms with E-state index in [1.807, 2.05) is 0 Å². The Bertz CT molecular complexity index is 81.0. The fourth-order valence-corrected chi connectivity index (χ4v) is 0.224. The molecule has 0 aromatic carbocycles. The predicted octanol–water partition coefficient (Wildman–Crippen LogP) is -2.17. The molecule has 0 aromatic rings. The summed E-state index contributed by atoms with van der Waals surface area (Å²) in [7, 11) is 0. The summed E-state index contributed by atoms with van der Waals surface area (Å²) in [6.07, 6.45) is -1.05. The molecule has 0 saturated heterocycles. The van der Waals surface area contributed by atoms with Crippen LogP contribution in [0.5, 0.6) is 0 Å². The number of carbonyl (C=O) groups is 1. The summed E-state index contributed by atoms with van der Waals surface area (Å²) in [6.45, 7) is -2.33. The molecule has 0 aliphatic heterocycles. The van der Waals surface area contributed by atoms with Gasteiger partial charge in [0.05, 0.1) is 6.61 Å². The van der Waals surface area contributed by atoms with Crippen molar-refractivity contribution in [3.8, 4) is 0 Å². The van der Waals surface area contributed by atoms with Gasteiger partial charge in [-0.3, -0.25) is 0 Å². The predicted molar refractivity (Wildman–Crippen MR) is 26.2 cm³/mol. The largest absolute Gasteiger partial charge is 0.383 e. The molecule has 0 spiro atoms. The summed E-state index contributed by atoms with van der Waals surface area (Å²) in [5.41, 5.74) is 0. The van der Waals surface area contributed by atoms with Crippen LogP contribution in [-0.2, 0) is 9.53 Å². The fraction of sp³-hybridized carbons (Fsp3) is 0.750. The van der Waals surface area contributed by atoms with E-state index in [0.29, 0.717) is 0 Å². The number of aliphatic hydroxyl groups excluding tert-OH is 2. The van der Waals surface area contributed by atoms with Crippen LogP contribution < -0.4 is 0 Å². The number of ether oxygens (including phenoxy) is 1. The normalized spacial score (nSPS) is 13.8. The number of hydrogen-bond acceptors (Lipinski definition) is 5. The molecule has 0 rings (SSSR count). The first-order valence-electron chi connectivity index (χ1n) is 2.28. The first kappa shape index (κ1) is 8.51. The third-order valence-electron chi connectivity index (χ3n) is 0.573. The van der Waals surface area contributed by atoms with Crippen molar-refractivity contribution in [1.29, 1.82) is 0 Å². The molecule has 5 nitrogen and oxygen atoms in total. The minimum Gasteiger partial charge on any atom is -0.383 e. The first-order valence-corrected chi connectivity index (χ1v) is 2.28. The van der Waals surface area contributed by atoms with Gasteiger partial charge >= 0.3 is 0 Å². The highest BCUT2D eigenvalue weighted by molar-refractivity contribution is 5.55. The van der Waals surface area contributed by atoms with Gasteiger partial charge in [-0.2, -0.15) is 0 Å². The van der Waals surface area contributed by atoms with E-state index in [1.54, 1.807) is 0 Å². The lowest BCUT2D eigenvalue weighted by Gasteiger charge is -2.05. The zero-order chi connectivity index (χ0) is 7.28. The molecule has 5 heteroatoms. The lowest BCUT2D eigenvalue weighted by atomic mass is 10.4. The number of hydrogen-bond donors (Lipinski definition) is 3. The van der Waals surface area contributed by atoms with Gasteiger partial charge in [-0.05, 0) is 0 Å². The van der Waals surface area contributed by atoms with E-state index in [0.717, 1.165) is 0 Å². The molecular weight excluding hydrogens is 128 g/mol. The summed E-state index contributed by atoms with van der Waals surface area (Å²) in [6, 6.07) is 0. The van der Waals surface area contributed by atoms with Crippen LogP contribution in [0.15, 0.2) is 0 Å². The Morgan fingerprint density at radius 2 is 2.00 bits per heavy atom. The molecule has 0 bridgehead atoms. The zero-order valence-corrected chi connectivity index (χ0v) is 4.60. The lowest BCUT2D eigenvalue weighted by Crippen LogP contribution is -2.21. The Hall–Kier alpha value is -0.490. The number of aliphatic hydroxyl groups is 3. The summed E-state index contributed by atoms with van der Waals surface area (Å²) in [5.74, 6) is 0. The van der Waals surface area contributed by atoms with Crippen molar-refractivity contribution >= 4 is 6.29 Å². The van der Waals surface area contributed by atoms with Crippen LogP contribution in [0.4, 0.5) is 0 Å². The van der Waals surface area contributed by atoms with Gasteiger partial charge in [0.25, 0.3) is 6.48 Å². The summed E-state index contributed by atoms with van der Waals surface area (Å²) >= 11 is 0. The maximum Gasteiger partial charge on any atom is 0.266 e. The smallest absolute Gasteiger partial charge is 0.266 e. The monoisotopic (exact) mass is 136 g/mol. The van der Waals surface area contributed by atoms with Gasteiger partial charge in [-0.25, -0.2) is 0 Å². The van der Waals surface area contributed by atoms with Crippen LogP contribution >= 0.6 is 0 Å². The molecule has 0 fully saturated rings. The van der Waals surface area contributed by atoms with E-state index in [2.05, 4.69) is 4.74 Å². The average Bonchev–Trinajstić information content (AvgIpc) is 1.83. The lowest BCUT2D eigenvalue weighted by molar-refractivity contribution is -0.240. The van der Waals surface area contributed by atoms with Gasteiger partial charge in [0.2, 0.25) is 0 Å². The van der Waals surface area contributed by atoms with Gasteiger partial charge in [0, 0.05) is 0 Å². The Balaban J connectivity index is 3.16. The first-order chi connectivity index (χ1) is 4.16. The second-order valence-electron chi connectivity index (χ2n) is 1.36. The van der Waals surface area contributed by atoms with E-state index < -0.39 is 19.2 Å². The van der Waals surface area contributed by atoms with Gasteiger partial charge in [-0.1, -0.05) is 0 Å². The highest BCUT2D eigenvalue weighted by Gasteiger charge is 2.03. The standard InChI is InChI=1S/C4H8O5/c5-1-3(6)2-9-4(7)8/h1,3-4,6-8H,2H2. The average molecular weight is 136 g/mol. The van der Waals surface area contributed by atoms with Crippen molar-refractivity contribution in [1.82, 2.24) is 0 Å². The zero-order valence-electron chi connectivity index (χ0n) is 4.60. The maximum absolute atomic E-state index is 9.62. The van der Waals surface area contributed by atoms with Gasteiger partial charge in [0.1, 0.15) is 6.10 Å². The number of carbonyl (C=O) groups excluding carboxylic acids is 1. The minimum atomic E-state index is -1.93. The number of rotatable bonds is 4. The van der Waals surface area contributed by atoms with Crippen LogP contribution in [0.2, 0.25) is 0 Å². The second-order valence-corrected chi connectivity index (χ2v) is 1.36. The van der Waals surface area contributed by atoms with Crippen molar-refractivity contribution in [2.24, 2.45) is 0 Å². The van der Waals surface area contributed by atoms with Crippen LogP contribution in [0.25, 0.3) is 0 Å². The van der Waals surface area contributed by atoms with Gasteiger partial charge < -0.3 is 24.9 Å². The third kappa shape index (κ3) is 5.38. The molecule has 3 N–H and O–H groups in total. The SMILES string of the molecule is O=CC(O)COC(O)O. The maximum atomic E-state index is 9.62. The van der Waals surface area contributed by atoms with Crippen LogP contribution in [0.1, 0.15) is 0 Å². The van der Waals surface area contributed by atoms with E-state index in [-0.39, 0.29) is 6.29 Å². The molecule has 54 valence electrons. The van der Waals surface area contributed by atoms with Crippen molar-refractivity contribution < 1.29 is 24.9 Å². The van der Waals surface area contributed by atoms with E-state index in [4.69, 9.17) is 15.3 Å². The summed E-state index contributed by atoms with van der Waals surface area (Å²) in [5, 5.41) is 24.4. The molecule has 0 radical (unpaired) electrons. The quantitative estimate of drug-likeness (QED) is 0.302. The Kier molecular flexibility index (Phi) is 4.16. The van der Waals surface area contributed by atoms with Crippen molar-refractivity contribution in [3.63, 3.8) is 0 Å². The minimum absolute atomic E-state index is 0.238. The molecule has 0 aliphatic rings. The molecule has 1 unspecified atom stereocenters. The second kappa shape index (κ2) is 4.39. The molecule has 0 heterocycles. The Morgan fingerprint density at radius 1 is 1.44 bits per heavy atom. The van der Waals surface area contributed by atoms with Crippen molar-refractivity contribution in [2.45, 2.75) is 12.6 Å². The molecule has 0 amide bonds. The molecule has 1 atom stereocenters. The van der Waals surface area contributed by atoms with Gasteiger partial charge in [-0.15, -0.1) is 0 Å². The van der Waals surface area contributed by atoms with Crippen LogP contribution in [0.3, 0.4) is 0 Å². The molecule has 0 aromatic heterocycles.